The number of aliphatic hydroxyl groups excluding tert-OH is 1. The number of aliphatic hydroxyl groups is 1. The molecule has 3 N–H and O–H groups in total. The maximum absolute atomic E-state index is 12.7. The third kappa shape index (κ3) is 4.17. The lowest BCUT2D eigenvalue weighted by atomic mass is 9.95. The molecule has 148 valence electrons. The fourth-order valence-electron chi connectivity index (χ4n) is 3.72. The van der Waals surface area contributed by atoms with E-state index in [9.17, 15) is 14.7 Å². The van der Waals surface area contributed by atoms with Crippen LogP contribution in [0.5, 0.6) is 0 Å². The van der Waals surface area contributed by atoms with Gasteiger partial charge in [-0.15, -0.1) is 0 Å². The van der Waals surface area contributed by atoms with Gasteiger partial charge < -0.3 is 20.6 Å². The SMILES string of the molecule is CC(C)[C@H]1C(=O)N[C@H](CO)Cc2ccc(NC(=O)c3ccccc3)cc2N1C. The number of carbonyl (C=O) groups is 2. The van der Waals surface area contributed by atoms with Gasteiger partial charge in [-0.1, -0.05) is 38.1 Å². The topological polar surface area (TPSA) is 81.7 Å². The summed E-state index contributed by atoms with van der Waals surface area (Å²) in [5, 5.41) is 15.5. The second-order valence-corrected chi connectivity index (χ2v) is 7.56. The van der Waals surface area contributed by atoms with Crippen molar-refractivity contribution in [2.75, 3.05) is 23.9 Å². The lowest BCUT2D eigenvalue weighted by Gasteiger charge is -2.37. The van der Waals surface area contributed by atoms with Gasteiger partial charge in [-0.3, -0.25) is 9.59 Å². The Morgan fingerprint density at radius 2 is 1.96 bits per heavy atom. The number of anilines is 2. The highest BCUT2D eigenvalue weighted by molar-refractivity contribution is 6.04. The first-order chi connectivity index (χ1) is 13.4. The van der Waals surface area contributed by atoms with E-state index in [0.717, 1.165) is 11.3 Å². The zero-order valence-electron chi connectivity index (χ0n) is 16.5. The smallest absolute Gasteiger partial charge is 0.255 e. The number of nitrogens with zero attached hydrogens (tertiary/aromatic N) is 1. The lowest BCUT2D eigenvalue weighted by Crippen LogP contribution is -2.54. The van der Waals surface area contributed by atoms with E-state index in [1.54, 1.807) is 12.1 Å². The third-order valence-corrected chi connectivity index (χ3v) is 5.11. The number of fused-ring (bicyclic) bond motifs is 1. The number of hydrogen-bond acceptors (Lipinski definition) is 4. The van der Waals surface area contributed by atoms with Crippen molar-refractivity contribution in [3.05, 3.63) is 59.7 Å². The zero-order chi connectivity index (χ0) is 20.3. The predicted molar refractivity (Wildman–Crippen MR) is 111 cm³/mol. The van der Waals surface area contributed by atoms with E-state index in [2.05, 4.69) is 10.6 Å². The van der Waals surface area contributed by atoms with Crippen LogP contribution in [0.2, 0.25) is 0 Å². The van der Waals surface area contributed by atoms with Crippen molar-refractivity contribution in [2.45, 2.75) is 32.4 Å². The maximum Gasteiger partial charge on any atom is 0.255 e. The fourth-order valence-corrected chi connectivity index (χ4v) is 3.72. The molecule has 2 amide bonds. The molecule has 0 fully saturated rings. The van der Waals surface area contributed by atoms with Gasteiger partial charge in [0.15, 0.2) is 0 Å². The molecule has 0 saturated heterocycles. The minimum absolute atomic E-state index is 0.0814. The molecule has 0 spiro atoms. The van der Waals surface area contributed by atoms with Gasteiger partial charge in [0.2, 0.25) is 5.91 Å². The quantitative estimate of drug-likeness (QED) is 0.760. The van der Waals surface area contributed by atoms with E-state index in [4.69, 9.17) is 0 Å². The van der Waals surface area contributed by atoms with Gasteiger partial charge in [-0.2, -0.15) is 0 Å². The van der Waals surface area contributed by atoms with Gasteiger partial charge in [-0.05, 0) is 42.2 Å². The number of hydrogen-bond donors (Lipinski definition) is 3. The van der Waals surface area contributed by atoms with Crippen molar-refractivity contribution < 1.29 is 14.7 Å². The molecule has 0 saturated carbocycles. The van der Waals surface area contributed by atoms with Crippen molar-refractivity contribution >= 4 is 23.2 Å². The number of likely N-dealkylation sites (N-methyl/N-ethyl adjacent to an activating group) is 1. The van der Waals surface area contributed by atoms with Crippen molar-refractivity contribution in [1.29, 1.82) is 0 Å². The van der Waals surface area contributed by atoms with Crippen LogP contribution in [0.1, 0.15) is 29.8 Å². The molecule has 2 aromatic rings. The molecule has 0 unspecified atom stereocenters. The molecule has 1 aliphatic rings. The Labute approximate surface area is 165 Å². The summed E-state index contributed by atoms with van der Waals surface area (Å²) in [7, 11) is 1.89. The van der Waals surface area contributed by atoms with Gasteiger partial charge in [0.25, 0.3) is 5.91 Å². The summed E-state index contributed by atoms with van der Waals surface area (Å²) < 4.78 is 0. The second kappa shape index (κ2) is 8.44. The molecule has 3 rings (SSSR count). The van der Waals surface area contributed by atoms with E-state index >= 15 is 0 Å². The van der Waals surface area contributed by atoms with E-state index in [-0.39, 0.29) is 36.4 Å². The van der Waals surface area contributed by atoms with E-state index in [0.29, 0.717) is 17.7 Å². The average Bonchev–Trinajstić information content (AvgIpc) is 2.67. The van der Waals surface area contributed by atoms with Crippen LogP contribution < -0.4 is 15.5 Å². The van der Waals surface area contributed by atoms with Gasteiger partial charge in [-0.25, -0.2) is 0 Å². The Kier molecular flexibility index (Phi) is 5.99. The Hall–Kier alpha value is -2.86. The first-order valence-electron chi connectivity index (χ1n) is 9.54. The summed E-state index contributed by atoms with van der Waals surface area (Å²) in [6.45, 7) is 3.88. The highest BCUT2D eigenvalue weighted by atomic mass is 16.3. The van der Waals surface area contributed by atoms with Gasteiger partial charge in [0, 0.05) is 24.0 Å². The number of rotatable bonds is 4. The van der Waals surface area contributed by atoms with Gasteiger partial charge >= 0.3 is 0 Å². The number of amides is 2. The molecule has 1 aliphatic heterocycles. The third-order valence-electron chi connectivity index (χ3n) is 5.11. The largest absolute Gasteiger partial charge is 0.394 e. The van der Waals surface area contributed by atoms with E-state index in [1.807, 2.05) is 62.2 Å². The average molecular weight is 381 g/mol. The molecule has 6 heteroatoms. The van der Waals surface area contributed by atoms with Crippen molar-refractivity contribution in [3.8, 4) is 0 Å². The molecule has 2 atom stereocenters. The fraction of sp³-hybridized carbons (Fsp3) is 0.364. The molecular formula is C22H27N3O3. The molecule has 0 aromatic heterocycles. The lowest BCUT2D eigenvalue weighted by molar-refractivity contribution is -0.124. The van der Waals surface area contributed by atoms with Crippen molar-refractivity contribution in [3.63, 3.8) is 0 Å². The summed E-state index contributed by atoms with van der Waals surface area (Å²) >= 11 is 0. The van der Waals surface area contributed by atoms with Crippen LogP contribution >= 0.6 is 0 Å². The Morgan fingerprint density at radius 1 is 1.25 bits per heavy atom. The van der Waals surface area contributed by atoms with Crippen LogP contribution in [-0.2, 0) is 11.2 Å². The van der Waals surface area contributed by atoms with Crippen molar-refractivity contribution in [2.24, 2.45) is 5.92 Å². The highest BCUT2D eigenvalue weighted by Crippen LogP contribution is 2.30. The molecule has 0 bridgehead atoms. The Bertz CT molecular complexity index is 851. The van der Waals surface area contributed by atoms with Crippen LogP contribution in [0.15, 0.2) is 48.5 Å². The predicted octanol–water partition coefficient (Wildman–Crippen LogP) is 2.43. The zero-order valence-corrected chi connectivity index (χ0v) is 16.5. The number of benzene rings is 2. The van der Waals surface area contributed by atoms with Crippen LogP contribution in [0.3, 0.4) is 0 Å². The number of nitrogens with one attached hydrogen (secondary N) is 2. The molecule has 1 heterocycles. The monoisotopic (exact) mass is 381 g/mol. The number of carbonyl (C=O) groups excluding carboxylic acids is 2. The summed E-state index contributed by atoms with van der Waals surface area (Å²) in [5.41, 5.74) is 3.16. The van der Waals surface area contributed by atoms with Gasteiger partial charge in [0.1, 0.15) is 6.04 Å². The first kappa shape index (κ1) is 19.9. The minimum atomic E-state index is -0.367. The summed E-state index contributed by atoms with van der Waals surface area (Å²) in [6, 6.07) is 14.1. The van der Waals surface area contributed by atoms with E-state index in [1.165, 1.54) is 0 Å². The van der Waals surface area contributed by atoms with Crippen molar-refractivity contribution in [1.82, 2.24) is 5.32 Å². The Balaban J connectivity index is 1.95. The minimum Gasteiger partial charge on any atom is -0.394 e. The summed E-state index contributed by atoms with van der Waals surface area (Å²) in [6.07, 6.45) is 0.527. The normalized spacial score (nSPS) is 19.5. The molecule has 6 nitrogen and oxygen atoms in total. The Morgan fingerprint density at radius 3 is 2.61 bits per heavy atom. The summed E-state index contributed by atoms with van der Waals surface area (Å²) in [5.74, 6) is -0.195. The van der Waals surface area contributed by atoms with Crippen LogP contribution in [0, 0.1) is 5.92 Å². The second-order valence-electron chi connectivity index (χ2n) is 7.56. The standard InChI is InChI=1S/C22H27N3O3/c1-14(2)20-22(28)24-18(13-26)11-16-9-10-17(12-19(16)25(20)3)23-21(27)15-7-5-4-6-8-15/h4-10,12,14,18,20,26H,11,13H2,1-3H3,(H,23,27)(H,24,28)/t18-,20-/m0/s1. The van der Waals surface area contributed by atoms with Crippen LogP contribution in [0.25, 0.3) is 0 Å². The van der Waals surface area contributed by atoms with Crippen LogP contribution in [0.4, 0.5) is 11.4 Å². The van der Waals surface area contributed by atoms with Gasteiger partial charge in [0.05, 0.1) is 12.6 Å². The van der Waals surface area contributed by atoms with E-state index < -0.39 is 0 Å². The molecule has 28 heavy (non-hydrogen) atoms. The molecule has 0 radical (unpaired) electrons. The highest BCUT2D eigenvalue weighted by Gasteiger charge is 2.32. The first-order valence-corrected chi connectivity index (χ1v) is 9.54. The molecule has 0 aliphatic carbocycles. The maximum atomic E-state index is 12.7. The summed E-state index contributed by atoms with van der Waals surface area (Å²) in [4.78, 5) is 27.2. The van der Waals surface area contributed by atoms with Crippen LogP contribution in [-0.4, -0.2) is 42.7 Å². The molecular weight excluding hydrogens is 354 g/mol. The molecule has 2 aromatic carbocycles.